The van der Waals surface area contributed by atoms with Gasteiger partial charge in [0.1, 0.15) is 6.26 Å². The minimum atomic E-state index is -0.325. The molecule has 0 amide bonds. The maximum Gasteiger partial charge on any atom is 0.353 e. The van der Waals surface area contributed by atoms with Gasteiger partial charge < -0.3 is 4.42 Å². The van der Waals surface area contributed by atoms with Gasteiger partial charge in [0.05, 0.1) is 5.69 Å². The van der Waals surface area contributed by atoms with Crippen molar-refractivity contribution in [3.05, 3.63) is 70.9 Å². The van der Waals surface area contributed by atoms with E-state index in [0.29, 0.717) is 17.6 Å². The van der Waals surface area contributed by atoms with Crippen molar-refractivity contribution in [2.24, 2.45) is 0 Å². The van der Waals surface area contributed by atoms with Gasteiger partial charge in [0, 0.05) is 35.0 Å². The number of nitrogens with zero attached hydrogens (tertiary/aromatic N) is 4. The summed E-state index contributed by atoms with van der Waals surface area (Å²) in [5.74, 6) is 1.35. The highest BCUT2D eigenvalue weighted by Gasteiger charge is 2.25. The summed E-state index contributed by atoms with van der Waals surface area (Å²) in [5.41, 5.74) is 2.38. The van der Waals surface area contributed by atoms with Gasteiger partial charge in [-0.25, -0.2) is 9.36 Å². The molecule has 3 aromatic heterocycles. The van der Waals surface area contributed by atoms with E-state index in [-0.39, 0.29) is 5.69 Å². The van der Waals surface area contributed by atoms with Crippen LogP contribution < -0.4 is 5.69 Å². The standard InChI is InChI=1S/C20H16N4O2/c1-12-16-5-4-15(10-14(16)6-8-21-12)19-23-18(11-26-19)24-9-7-17(13-2-3-13)22-20(24)25/h4-11,13H,2-3H2,1H3. The number of hydrogen-bond donors (Lipinski definition) is 0. The molecule has 0 unspecified atom stereocenters. The fraction of sp³-hybridized carbons (Fsp3) is 0.200. The molecule has 4 aromatic rings. The molecule has 0 spiro atoms. The van der Waals surface area contributed by atoms with Gasteiger partial charge in [0.25, 0.3) is 0 Å². The van der Waals surface area contributed by atoms with Gasteiger partial charge in [-0.2, -0.15) is 9.97 Å². The molecule has 26 heavy (non-hydrogen) atoms. The van der Waals surface area contributed by atoms with E-state index in [9.17, 15) is 4.79 Å². The van der Waals surface area contributed by atoms with E-state index in [1.54, 1.807) is 12.4 Å². The van der Waals surface area contributed by atoms with Crippen molar-refractivity contribution in [1.82, 2.24) is 19.5 Å². The fourth-order valence-electron chi connectivity index (χ4n) is 3.17. The van der Waals surface area contributed by atoms with E-state index in [4.69, 9.17) is 4.42 Å². The molecule has 0 atom stereocenters. The highest BCUT2D eigenvalue weighted by Crippen LogP contribution is 2.38. The van der Waals surface area contributed by atoms with Crippen LogP contribution in [0.25, 0.3) is 28.0 Å². The quantitative estimate of drug-likeness (QED) is 0.567. The van der Waals surface area contributed by atoms with Crippen molar-refractivity contribution in [3.8, 4) is 17.3 Å². The van der Waals surface area contributed by atoms with Gasteiger partial charge in [-0.05, 0) is 49.4 Å². The van der Waals surface area contributed by atoms with Crippen LogP contribution in [0.2, 0.25) is 0 Å². The van der Waals surface area contributed by atoms with Crippen molar-refractivity contribution in [2.45, 2.75) is 25.7 Å². The van der Waals surface area contributed by atoms with E-state index in [1.807, 2.05) is 37.3 Å². The third kappa shape index (κ3) is 2.50. The van der Waals surface area contributed by atoms with Crippen LogP contribution in [0.15, 0.2) is 58.2 Å². The second-order valence-electron chi connectivity index (χ2n) is 6.62. The zero-order valence-corrected chi connectivity index (χ0v) is 14.2. The van der Waals surface area contributed by atoms with E-state index >= 15 is 0 Å². The Morgan fingerprint density at radius 2 is 2.04 bits per heavy atom. The largest absolute Gasteiger partial charge is 0.442 e. The smallest absolute Gasteiger partial charge is 0.353 e. The number of rotatable bonds is 3. The average molecular weight is 344 g/mol. The molecule has 1 fully saturated rings. The molecule has 0 radical (unpaired) electrons. The van der Waals surface area contributed by atoms with Crippen LogP contribution in [0.5, 0.6) is 0 Å². The van der Waals surface area contributed by atoms with Gasteiger partial charge in [-0.15, -0.1) is 0 Å². The topological polar surface area (TPSA) is 73.8 Å². The maximum atomic E-state index is 12.3. The molecule has 0 saturated heterocycles. The molecule has 5 rings (SSSR count). The first-order valence-electron chi connectivity index (χ1n) is 8.60. The number of oxazole rings is 1. The van der Waals surface area contributed by atoms with Crippen LogP contribution in [0.1, 0.15) is 30.1 Å². The van der Waals surface area contributed by atoms with Crippen molar-refractivity contribution >= 4 is 10.8 Å². The predicted octanol–water partition coefficient (Wildman–Crippen LogP) is 3.62. The minimum Gasteiger partial charge on any atom is -0.442 e. The Hall–Kier alpha value is -3.28. The monoisotopic (exact) mass is 344 g/mol. The zero-order valence-electron chi connectivity index (χ0n) is 14.2. The van der Waals surface area contributed by atoms with E-state index in [2.05, 4.69) is 15.0 Å². The third-order valence-corrected chi connectivity index (χ3v) is 4.77. The van der Waals surface area contributed by atoms with E-state index in [1.165, 1.54) is 10.8 Å². The highest BCUT2D eigenvalue weighted by atomic mass is 16.3. The number of aryl methyl sites for hydroxylation is 1. The Kier molecular flexibility index (Phi) is 3.25. The molecule has 6 heteroatoms. The Morgan fingerprint density at radius 1 is 1.15 bits per heavy atom. The van der Waals surface area contributed by atoms with Crippen LogP contribution in [0.4, 0.5) is 0 Å². The molecule has 1 aliphatic rings. The lowest BCUT2D eigenvalue weighted by Gasteiger charge is -2.03. The Morgan fingerprint density at radius 3 is 2.85 bits per heavy atom. The average Bonchev–Trinajstić information content (AvgIpc) is 3.39. The number of aromatic nitrogens is 4. The van der Waals surface area contributed by atoms with Crippen molar-refractivity contribution in [1.29, 1.82) is 0 Å². The molecule has 0 N–H and O–H groups in total. The first-order chi connectivity index (χ1) is 12.7. The van der Waals surface area contributed by atoms with E-state index < -0.39 is 0 Å². The molecule has 0 aliphatic heterocycles. The lowest BCUT2D eigenvalue weighted by molar-refractivity contribution is 0.573. The van der Waals surface area contributed by atoms with Gasteiger partial charge in [0.2, 0.25) is 5.89 Å². The van der Waals surface area contributed by atoms with Crippen molar-refractivity contribution in [2.75, 3.05) is 0 Å². The number of hydrogen-bond acceptors (Lipinski definition) is 5. The van der Waals surface area contributed by atoms with Crippen molar-refractivity contribution < 1.29 is 4.42 Å². The molecule has 1 saturated carbocycles. The predicted molar refractivity (Wildman–Crippen MR) is 97.3 cm³/mol. The summed E-state index contributed by atoms with van der Waals surface area (Å²) in [6.07, 6.45) is 7.22. The molecule has 3 heterocycles. The molecular formula is C20H16N4O2. The summed E-state index contributed by atoms with van der Waals surface area (Å²) in [5, 5.41) is 2.17. The number of benzene rings is 1. The van der Waals surface area contributed by atoms with Gasteiger partial charge in [0.15, 0.2) is 5.82 Å². The summed E-state index contributed by atoms with van der Waals surface area (Å²) in [7, 11) is 0. The molecular weight excluding hydrogens is 328 g/mol. The first kappa shape index (κ1) is 15.0. The first-order valence-corrected chi connectivity index (χ1v) is 8.60. The number of pyridine rings is 1. The Labute approximate surface area is 149 Å². The molecule has 0 bridgehead atoms. The Bertz CT molecular complexity index is 1190. The minimum absolute atomic E-state index is 0.325. The van der Waals surface area contributed by atoms with Crippen LogP contribution in [-0.4, -0.2) is 19.5 Å². The second-order valence-corrected chi connectivity index (χ2v) is 6.62. The molecule has 1 aromatic carbocycles. The third-order valence-electron chi connectivity index (χ3n) is 4.77. The molecule has 1 aliphatic carbocycles. The summed E-state index contributed by atoms with van der Waals surface area (Å²) in [6, 6.07) is 9.82. The van der Waals surface area contributed by atoms with Crippen LogP contribution in [0.3, 0.4) is 0 Å². The zero-order chi connectivity index (χ0) is 17.7. The lowest BCUT2D eigenvalue weighted by atomic mass is 10.1. The van der Waals surface area contributed by atoms with Gasteiger partial charge in [-0.1, -0.05) is 6.07 Å². The lowest BCUT2D eigenvalue weighted by Crippen LogP contribution is -2.22. The van der Waals surface area contributed by atoms with Crippen LogP contribution in [-0.2, 0) is 0 Å². The van der Waals surface area contributed by atoms with E-state index in [0.717, 1.165) is 40.6 Å². The van der Waals surface area contributed by atoms with Gasteiger partial charge in [-0.3, -0.25) is 4.98 Å². The normalized spacial score (nSPS) is 14.0. The summed E-state index contributed by atoms with van der Waals surface area (Å²) in [4.78, 5) is 25.2. The van der Waals surface area contributed by atoms with Crippen LogP contribution in [0, 0.1) is 6.92 Å². The fourth-order valence-corrected chi connectivity index (χ4v) is 3.17. The SMILES string of the molecule is Cc1nccc2cc(-c3nc(-n4ccc(C5CC5)nc4=O)co3)ccc12. The van der Waals surface area contributed by atoms with Crippen molar-refractivity contribution in [3.63, 3.8) is 0 Å². The number of fused-ring (bicyclic) bond motifs is 1. The molecule has 128 valence electrons. The van der Waals surface area contributed by atoms with Crippen LogP contribution >= 0.6 is 0 Å². The maximum absolute atomic E-state index is 12.3. The second kappa shape index (κ2) is 5.62. The summed E-state index contributed by atoms with van der Waals surface area (Å²) < 4.78 is 7.03. The summed E-state index contributed by atoms with van der Waals surface area (Å²) >= 11 is 0. The Balaban J connectivity index is 1.53. The highest BCUT2D eigenvalue weighted by molar-refractivity contribution is 5.87. The van der Waals surface area contributed by atoms with Gasteiger partial charge >= 0.3 is 5.69 Å². The summed E-state index contributed by atoms with van der Waals surface area (Å²) in [6.45, 7) is 1.98. The molecule has 6 nitrogen and oxygen atoms in total.